The maximum Gasteiger partial charge on any atom is 0.124 e. The highest BCUT2D eigenvalue weighted by Gasteiger charge is 2.12. The molecule has 0 saturated carbocycles. The van der Waals surface area contributed by atoms with Crippen LogP contribution in [0.15, 0.2) is 12.1 Å². The first-order valence-electron chi connectivity index (χ1n) is 7.26. The largest absolute Gasteiger partial charge is 0.496 e. The Kier molecular flexibility index (Phi) is 5.23. The van der Waals surface area contributed by atoms with E-state index in [9.17, 15) is 0 Å². The van der Waals surface area contributed by atoms with E-state index in [2.05, 4.69) is 36.6 Å². The van der Waals surface area contributed by atoms with E-state index in [1.807, 2.05) is 0 Å². The zero-order chi connectivity index (χ0) is 13.7. The van der Waals surface area contributed by atoms with Crippen LogP contribution in [0.3, 0.4) is 0 Å². The fourth-order valence-electron chi connectivity index (χ4n) is 2.98. The third kappa shape index (κ3) is 3.95. The molecule has 1 unspecified atom stereocenters. The van der Waals surface area contributed by atoms with Gasteiger partial charge in [0.15, 0.2) is 0 Å². The van der Waals surface area contributed by atoms with Gasteiger partial charge in [-0.05, 0) is 68.9 Å². The van der Waals surface area contributed by atoms with Gasteiger partial charge in [-0.25, -0.2) is 0 Å². The minimum atomic E-state index is 0.786. The number of rotatable bonds is 5. The van der Waals surface area contributed by atoms with Gasteiger partial charge in [-0.1, -0.05) is 12.1 Å². The van der Waals surface area contributed by atoms with Crippen molar-refractivity contribution in [3.8, 4) is 5.75 Å². The lowest BCUT2D eigenvalue weighted by Gasteiger charge is -2.23. The fourth-order valence-corrected chi connectivity index (χ4v) is 2.98. The molecule has 0 aromatic heterocycles. The van der Waals surface area contributed by atoms with Gasteiger partial charge in [-0.3, -0.25) is 0 Å². The number of benzene rings is 1. The maximum absolute atomic E-state index is 5.40. The zero-order valence-electron chi connectivity index (χ0n) is 12.4. The molecule has 0 radical (unpaired) electrons. The average Bonchev–Trinajstić information content (AvgIpc) is 2.40. The van der Waals surface area contributed by atoms with Crippen LogP contribution >= 0.6 is 0 Å². The van der Waals surface area contributed by atoms with E-state index in [0.717, 1.165) is 31.3 Å². The van der Waals surface area contributed by atoms with Crippen LogP contribution in [-0.2, 0) is 6.54 Å². The highest BCUT2D eigenvalue weighted by molar-refractivity contribution is 5.43. The minimum absolute atomic E-state index is 0.786. The molecule has 0 bridgehead atoms. The van der Waals surface area contributed by atoms with Crippen LogP contribution in [-0.4, -0.2) is 26.7 Å². The van der Waals surface area contributed by atoms with Gasteiger partial charge in [-0.2, -0.15) is 0 Å². The van der Waals surface area contributed by atoms with Crippen molar-refractivity contribution in [1.82, 2.24) is 10.6 Å². The summed E-state index contributed by atoms with van der Waals surface area (Å²) < 4.78 is 5.40. The molecular weight excluding hydrogens is 236 g/mol. The number of hydrogen-bond acceptors (Lipinski definition) is 3. The van der Waals surface area contributed by atoms with Crippen molar-refractivity contribution in [2.45, 2.75) is 33.2 Å². The number of aryl methyl sites for hydroxylation is 2. The summed E-state index contributed by atoms with van der Waals surface area (Å²) in [5.74, 6) is 1.80. The summed E-state index contributed by atoms with van der Waals surface area (Å²) >= 11 is 0. The number of methoxy groups -OCH3 is 1. The lowest BCUT2D eigenvalue weighted by Crippen LogP contribution is -2.35. The van der Waals surface area contributed by atoms with E-state index in [1.165, 1.54) is 36.1 Å². The lowest BCUT2D eigenvalue weighted by atomic mass is 9.99. The summed E-state index contributed by atoms with van der Waals surface area (Å²) in [5.41, 5.74) is 3.79. The second kappa shape index (κ2) is 6.92. The van der Waals surface area contributed by atoms with Crippen LogP contribution in [0.1, 0.15) is 29.5 Å². The van der Waals surface area contributed by atoms with Crippen LogP contribution in [0.4, 0.5) is 0 Å². The molecule has 0 amide bonds. The van der Waals surface area contributed by atoms with E-state index in [4.69, 9.17) is 4.74 Å². The van der Waals surface area contributed by atoms with Crippen LogP contribution in [0.2, 0.25) is 0 Å². The van der Waals surface area contributed by atoms with Crippen molar-refractivity contribution in [1.29, 1.82) is 0 Å². The Labute approximate surface area is 116 Å². The summed E-state index contributed by atoms with van der Waals surface area (Å²) in [4.78, 5) is 0. The van der Waals surface area contributed by atoms with Crippen LogP contribution in [0, 0.1) is 19.8 Å². The molecule has 1 aliphatic heterocycles. The van der Waals surface area contributed by atoms with E-state index in [0.29, 0.717) is 0 Å². The van der Waals surface area contributed by atoms with Gasteiger partial charge in [0.1, 0.15) is 5.75 Å². The zero-order valence-corrected chi connectivity index (χ0v) is 12.4. The van der Waals surface area contributed by atoms with Gasteiger partial charge in [0.05, 0.1) is 7.11 Å². The van der Waals surface area contributed by atoms with Gasteiger partial charge >= 0.3 is 0 Å². The number of nitrogens with one attached hydrogen (secondary N) is 2. The molecule has 0 spiro atoms. The van der Waals surface area contributed by atoms with Crippen molar-refractivity contribution in [3.05, 3.63) is 28.8 Å². The molecule has 1 fully saturated rings. The van der Waals surface area contributed by atoms with E-state index >= 15 is 0 Å². The summed E-state index contributed by atoms with van der Waals surface area (Å²) in [6.45, 7) is 8.63. The highest BCUT2D eigenvalue weighted by Crippen LogP contribution is 2.24. The van der Waals surface area contributed by atoms with E-state index in [-0.39, 0.29) is 0 Å². The molecule has 1 aliphatic rings. The van der Waals surface area contributed by atoms with Crippen LogP contribution in [0.25, 0.3) is 0 Å². The van der Waals surface area contributed by atoms with Gasteiger partial charge in [-0.15, -0.1) is 0 Å². The van der Waals surface area contributed by atoms with Crippen molar-refractivity contribution in [2.75, 3.05) is 26.7 Å². The maximum atomic E-state index is 5.40. The van der Waals surface area contributed by atoms with Crippen molar-refractivity contribution >= 4 is 0 Å². The fraction of sp³-hybridized carbons (Fsp3) is 0.625. The van der Waals surface area contributed by atoms with Gasteiger partial charge in [0.25, 0.3) is 0 Å². The van der Waals surface area contributed by atoms with Crippen LogP contribution < -0.4 is 15.4 Å². The Morgan fingerprint density at radius 1 is 1.32 bits per heavy atom. The molecule has 0 aliphatic carbocycles. The SMILES string of the molecule is COc1c(C)cc(CNCC2CCCNC2)cc1C. The van der Waals surface area contributed by atoms with E-state index < -0.39 is 0 Å². The van der Waals surface area contributed by atoms with Crippen molar-refractivity contribution < 1.29 is 4.74 Å². The van der Waals surface area contributed by atoms with Crippen LogP contribution in [0.5, 0.6) is 5.75 Å². The first kappa shape index (κ1) is 14.4. The summed E-state index contributed by atoms with van der Waals surface area (Å²) in [6, 6.07) is 4.44. The van der Waals surface area contributed by atoms with Gasteiger partial charge < -0.3 is 15.4 Å². The second-order valence-corrected chi connectivity index (χ2v) is 5.61. The Balaban J connectivity index is 1.85. The molecular formula is C16H26N2O. The highest BCUT2D eigenvalue weighted by atomic mass is 16.5. The third-order valence-corrected chi connectivity index (χ3v) is 3.89. The first-order chi connectivity index (χ1) is 9.20. The molecule has 1 saturated heterocycles. The predicted molar refractivity (Wildman–Crippen MR) is 79.8 cm³/mol. The monoisotopic (exact) mass is 262 g/mol. The number of piperidine rings is 1. The quantitative estimate of drug-likeness (QED) is 0.855. The second-order valence-electron chi connectivity index (χ2n) is 5.61. The van der Waals surface area contributed by atoms with E-state index in [1.54, 1.807) is 7.11 Å². The Hall–Kier alpha value is -1.06. The Morgan fingerprint density at radius 3 is 2.63 bits per heavy atom. The normalized spacial score (nSPS) is 19.4. The molecule has 3 heteroatoms. The average molecular weight is 262 g/mol. The lowest BCUT2D eigenvalue weighted by molar-refractivity contribution is 0.360. The molecule has 1 aromatic rings. The number of ether oxygens (including phenoxy) is 1. The van der Waals surface area contributed by atoms with Crippen molar-refractivity contribution in [3.63, 3.8) is 0 Å². The molecule has 19 heavy (non-hydrogen) atoms. The van der Waals surface area contributed by atoms with Crippen molar-refractivity contribution in [2.24, 2.45) is 5.92 Å². The molecule has 2 N–H and O–H groups in total. The summed E-state index contributed by atoms with van der Waals surface area (Å²) in [6.07, 6.45) is 2.66. The third-order valence-electron chi connectivity index (χ3n) is 3.89. The smallest absolute Gasteiger partial charge is 0.124 e. The summed E-state index contributed by atoms with van der Waals surface area (Å²) in [5, 5.41) is 7.04. The molecule has 106 valence electrons. The minimum Gasteiger partial charge on any atom is -0.496 e. The topological polar surface area (TPSA) is 33.3 Å². The Bertz CT molecular complexity index is 388. The molecule has 3 nitrogen and oxygen atoms in total. The predicted octanol–water partition coefficient (Wildman–Crippen LogP) is 2.40. The number of hydrogen-bond donors (Lipinski definition) is 2. The van der Waals surface area contributed by atoms with Gasteiger partial charge in [0, 0.05) is 6.54 Å². The molecule has 1 atom stereocenters. The molecule has 2 rings (SSSR count). The molecule has 1 aromatic carbocycles. The first-order valence-corrected chi connectivity index (χ1v) is 7.26. The Morgan fingerprint density at radius 2 is 2.05 bits per heavy atom. The standard InChI is InChI=1S/C16H26N2O/c1-12-7-15(8-13(2)16(12)19-3)11-18-10-14-5-4-6-17-9-14/h7-8,14,17-18H,4-6,9-11H2,1-3H3. The summed E-state index contributed by atoms with van der Waals surface area (Å²) in [7, 11) is 1.74. The van der Waals surface area contributed by atoms with Gasteiger partial charge in [0.2, 0.25) is 0 Å². The molecule has 1 heterocycles.